The molecule has 25 heavy (non-hydrogen) atoms. The van der Waals surface area contributed by atoms with Crippen LogP contribution in [0.25, 0.3) is 0 Å². The number of nitrogens with zero attached hydrogens (tertiary/aromatic N) is 3. The second-order valence-electron chi connectivity index (χ2n) is 6.58. The lowest BCUT2D eigenvalue weighted by Crippen LogP contribution is -2.44. The van der Waals surface area contributed by atoms with Crippen LogP contribution in [0.1, 0.15) is 44.1 Å². The van der Waals surface area contributed by atoms with Gasteiger partial charge in [0.25, 0.3) is 11.5 Å². The summed E-state index contributed by atoms with van der Waals surface area (Å²) in [5.41, 5.74) is 2.64. The van der Waals surface area contributed by atoms with Gasteiger partial charge in [-0.15, -0.1) is 11.3 Å². The number of hydrogen-bond donors (Lipinski definition) is 1. The lowest BCUT2D eigenvalue weighted by atomic mass is 10.1. The number of amides is 1. The molecule has 0 spiro atoms. The third-order valence-electron chi connectivity index (χ3n) is 4.77. The fourth-order valence-corrected chi connectivity index (χ4v) is 4.37. The predicted octanol–water partition coefficient (Wildman–Crippen LogP) is 1.18. The highest BCUT2D eigenvalue weighted by atomic mass is 32.1. The summed E-state index contributed by atoms with van der Waals surface area (Å²) in [6.07, 6.45) is 2.86. The molecule has 2 atom stereocenters. The Morgan fingerprint density at radius 2 is 2.20 bits per heavy atom. The smallest absolute Gasteiger partial charge is 0.267 e. The second kappa shape index (κ2) is 6.34. The van der Waals surface area contributed by atoms with E-state index in [4.69, 9.17) is 4.74 Å². The van der Waals surface area contributed by atoms with Gasteiger partial charge in [0.2, 0.25) is 0 Å². The van der Waals surface area contributed by atoms with Crippen molar-refractivity contribution in [3.8, 4) is 0 Å². The quantitative estimate of drug-likeness (QED) is 0.888. The minimum Gasteiger partial charge on any atom is -0.377 e. The SMILES string of the molecule is Cc1nc(C)c(C(=O)NC2COCC2n2nc3c(cc2=O)CCC3)s1. The Balaban J connectivity index is 1.58. The van der Waals surface area contributed by atoms with E-state index in [0.29, 0.717) is 18.1 Å². The molecule has 8 heteroatoms. The summed E-state index contributed by atoms with van der Waals surface area (Å²) in [6.45, 7) is 4.45. The summed E-state index contributed by atoms with van der Waals surface area (Å²) >= 11 is 1.37. The summed E-state index contributed by atoms with van der Waals surface area (Å²) < 4.78 is 7.04. The van der Waals surface area contributed by atoms with Crippen molar-refractivity contribution in [1.82, 2.24) is 20.1 Å². The largest absolute Gasteiger partial charge is 0.377 e. The Hall–Kier alpha value is -2.06. The molecule has 2 aliphatic rings. The highest BCUT2D eigenvalue weighted by Crippen LogP contribution is 2.23. The molecule has 1 fully saturated rings. The van der Waals surface area contributed by atoms with Crippen LogP contribution < -0.4 is 10.9 Å². The number of ether oxygens (including phenoxy) is 1. The Morgan fingerprint density at radius 1 is 1.36 bits per heavy atom. The summed E-state index contributed by atoms with van der Waals surface area (Å²) in [7, 11) is 0. The van der Waals surface area contributed by atoms with E-state index in [0.717, 1.165) is 41.2 Å². The molecule has 132 valence electrons. The van der Waals surface area contributed by atoms with Crippen LogP contribution in [-0.2, 0) is 17.6 Å². The fourth-order valence-electron chi connectivity index (χ4n) is 3.55. The number of fused-ring (bicyclic) bond motifs is 1. The molecule has 0 aromatic carbocycles. The van der Waals surface area contributed by atoms with Crippen molar-refractivity contribution >= 4 is 17.2 Å². The summed E-state index contributed by atoms with van der Waals surface area (Å²) in [5.74, 6) is -0.169. The molecule has 2 unspecified atom stereocenters. The van der Waals surface area contributed by atoms with Crippen molar-refractivity contribution in [2.24, 2.45) is 0 Å². The second-order valence-corrected chi connectivity index (χ2v) is 7.79. The van der Waals surface area contributed by atoms with Crippen LogP contribution in [0.15, 0.2) is 10.9 Å². The summed E-state index contributed by atoms with van der Waals surface area (Å²) in [4.78, 5) is 29.9. The average molecular weight is 360 g/mol. The van der Waals surface area contributed by atoms with Gasteiger partial charge in [-0.25, -0.2) is 9.67 Å². The van der Waals surface area contributed by atoms with Gasteiger partial charge >= 0.3 is 0 Å². The lowest BCUT2D eigenvalue weighted by molar-refractivity contribution is 0.0928. The third kappa shape index (κ3) is 3.00. The van der Waals surface area contributed by atoms with Gasteiger partial charge in [0, 0.05) is 6.07 Å². The van der Waals surface area contributed by atoms with E-state index in [1.54, 1.807) is 6.07 Å². The normalized spacial score (nSPS) is 22.2. The Morgan fingerprint density at radius 3 is 2.96 bits per heavy atom. The van der Waals surface area contributed by atoms with Crippen molar-refractivity contribution in [3.63, 3.8) is 0 Å². The maximum atomic E-state index is 12.6. The predicted molar refractivity (Wildman–Crippen MR) is 93.2 cm³/mol. The summed E-state index contributed by atoms with van der Waals surface area (Å²) in [6, 6.07) is 1.12. The Bertz CT molecular complexity index is 889. The van der Waals surface area contributed by atoms with Crippen LogP contribution in [0.2, 0.25) is 0 Å². The molecule has 0 saturated carbocycles. The highest BCUT2D eigenvalue weighted by Gasteiger charge is 2.34. The molecule has 1 N–H and O–H groups in total. The molecular weight excluding hydrogens is 340 g/mol. The van der Waals surface area contributed by atoms with Gasteiger partial charge in [0.05, 0.1) is 35.7 Å². The van der Waals surface area contributed by atoms with Gasteiger partial charge in [-0.3, -0.25) is 9.59 Å². The van der Waals surface area contributed by atoms with Crippen LogP contribution in [0.3, 0.4) is 0 Å². The van der Waals surface area contributed by atoms with E-state index >= 15 is 0 Å². The van der Waals surface area contributed by atoms with Gasteiger partial charge in [0.1, 0.15) is 10.9 Å². The van der Waals surface area contributed by atoms with E-state index in [1.807, 2.05) is 13.8 Å². The molecular formula is C17H20N4O3S. The number of hydrogen-bond acceptors (Lipinski definition) is 6. The van der Waals surface area contributed by atoms with Gasteiger partial charge < -0.3 is 10.1 Å². The van der Waals surface area contributed by atoms with Gasteiger partial charge in [-0.05, 0) is 38.7 Å². The molecule has 7 nitrogen and oxygen atoms in total. The third-order valence-corrected chi connectivity index (χ3v) is 5.84. The first-order valence-corrected chi connectivity index (χ1v) is 9.29. The highest BCUT2D eigenvalue weighted by molar-refractivity contribution is 7.13. The maximum Gasteiger partial charge on any atom is 0.267 e. The van der Waals surface area contributed by atoms with E-state index in [9.17, 15) is 9.59 Å². The molecule has 2 aromatic rings. The van der Waals surface area contributed by atoms with E-state index in [2.05, 4.69) is 15.4 Å². The first kappa shape index (κ1) is 16.4. The molecule has 3 heterocycles. The molecule has 1 aliphatic heterocycles. The van der Waals surface area contributed by atoms with E-state index in [-0.39, 0.29) is 23.6 Å². The topological polar surface area (TPSA) is 86.1 Å². The van der Waals surface area contributed by atoms with E-state index in [1.165, 1.54) is 16.0 Å². The zero-order valence-corrected chi connectivity index (χ0v) is 15.1. The van der Waals surface area contributed by atoms with Gasteiger partial charge in [-0.1, -0.05) is 0 Å². The minimum atomic E-state index is -0.281. The molecule has 2 aromatic heterocycles. The van der Waals surface area contributed by atoms with Crippen molar-refractivity contribution in [2.45, 2.75) is 45.2 Å². The van der Waals surface area contributed by atoms with E-state index < -0.39 is 0 Å². The minimum absolute atomic E-state index is 0.125. The van der Waals surface area contributed by atoms with Gasteiger partial charge in [-0.2, -0.15) is 5.10 Å². The number of rotatable bonds is 3. The first-order chi connectivity index (χ1) is 12.0. The Labute approximate surface area is 149 Å². The lowest BCUT2D eigenvalue weighted by Gasteiger charge is -2.20. The van der Waals surface area contributed by atoms with Crippen LogP contribution >= 0.6 is 11.3 Å². The number of carbonyl (C=O) groups is 1. The molecule has 0 radical (unpaired) electrons. The number of thiazole rings is 1. The Kier molecular flexibility index (Phi) is 4.16. The van der Waals surface area contributed by atoms with Crippen LogP contribution in [0, 0.1) is 13.8 Å². The van der Waals surface area contributed by atoms with Crippen LogP contribution in [0.5, 0.6) is 0 Å². The van der Waals surface area contributed by atoms with Crippen LogP contribution in [-0.4, -0.2) is 39.9 Å². The molecule has 0 bridgehead atoms. The molecule has 1 aliphatic carbocycles. The summed E-state index contributed by atoms with van der Waals surface area (Å²) in [5, 5.41) is 8.41. The van der Waals surface area contributed by atoms with Crippen molar-refractivity contribution in [3.05, 3.63) is 43.3 Å². The van der Waals surface area contributed by atoms with Crippen molar-refractivity contribution in [1.29, 1.82) is 0 Å². The standard InChI is InChI=1S/C17H20N4O3S/c1-9-16(25-10(2)18-9)17(23)19-13-7-24-8-14(13)21-15(22)6-11-4-3-5-12(11)20-21/h6,13-14H,3-5,7-8H2,1-2H3,(H,19,23). The zero-order valence-electron chi connectivity index (χ0n) is 14.2. The fraction of sp³-hybridized carbons (Fsp3) is 0.529. The molecule has 1 saturated heterocycles. The van der Waals surface area contributed by atoms with Crippen LogP contribution in [0.4, 0.5) is 0 Å². The number of aromatic nitrogens is 3. The number of carbonyl (C=O) groups excluding carboxylic acids is 1. The maximum absolute atomic E-state index is 12.6. The molecule has 1 amide bonds. The molecule has 4 rings (SSSR count). The zero-order chi connectivity index (χ0) is 17.6. The monoisotopic (exact) mass is 360 g/mol. The van der Waals surface area contributed by atoms with Crippen molar-refractivity contribution in [2.75, 3.05) is 13.2 Å². The average Bonchev–Trinajstić information content (AvgIpc) is 3.26. The first-order valence-electron chi connectivity index (χ1n) is 8.47. The number of nitrogens with one attached hydrogen (secondary N) is 1. The van der Waals surface area contributed by atoms with Crippen molar-refractivity contribution < 1.29 is 9.53 Å². The van der Waals surface area contributed by atoms with Gasteiger partial charge in [0.15, 0.2) is 0 Å². The number of aryl methyl sites for hydroxylation is 4.